The summed E-state index contributed by atoms with van der Waals surface area (Å²) in [5, 5.41) is 7.81. The second-order valence-electron chi connectivity index (χ2n) is 3.60. The molecule has 16 heavy (non-hydrogen) atoms. The fraction of sp³-hybridized carbons (Fsp3) is 0.462. The van der Waals surface area contributed by atoms with Crippen LogP contribution in [0.25, 0.3) is 0 Å². The van der Waals surface area contributed by atoms with Gasteiger partial charge in [0.2, 0.25) is 0 Å². The van der Waals surface area contributed by atoms with E-state index in [4.69, 9.17) is 10.1 Å². The molecule has 0 heterocycles. The summed E-state index contributed by atoms with van der Waals surface area (Å²) in [5.41, 5.74) is 1.15. The number of hydrogen-bond donors (Lipinski definition) is 1. The molecule has 3 nitrogen and oxygen atoms in total. The van der Waals surface area contributed by atoms with Crippen LogP contribution in [0.4, 0.5) is 0 Å². The fourth-order valence-corrected chi connectivity index (χ4v) is 1.54. The maximum atomic E-state index is 7.81. The molecule has 3 heteroatoms. The van der Waals surface area contributed by atoms with Gasteiger partial charge in [0.15, 0.2) is 0 Å². The summed E-state index contributed by atoms with van der Waals surface area (Å²) in [5.74, 6) is 0.556. The number of ether oxygens (including phenoxy) is 1. The first-order valence-electron chi connectivity index (χ1n) is 5.72. The normalized spacial score (nSPS) is 10.1. The Morgan fingerprint density at radius 1 is 1.19 bits per heavy atom. The Kier molecular flexibility index (Phi) is 5.57. The van der Waals surface area contributed by atoms with Crippen LogP contribution in [0.5, 0.6) is 0 Å². The van der Waals surface area contributed by atoms with Crippen molar-refractivity contribution in [2.24, 2.45) is 0 Å². The summed E-state index contributed by atoms with van der Waals surface area (Å²) < 4.78 is 5.50. The first-order valence-corrected chi connectivity index (χ1v) is 5.72. The lowest BCUT2D eigenvalue weighted by molar-refractivity contribution is 0.149. The molecule has 88 valence electrons. The molecule has 0 aliphatic rings. The standard InChI is InChI=1S/C13H20N2O/c1-3-15(4-2)13(14)11-16-10-12-8-6-5-7-9-12/h5-9,14H,3-4,10-11H2,1-2H3. The third-order valence-electron chi connectivity index (χ3n) is 2.50. The maximum Gasteiger partial charge on any atom is 0.122 e. The van der Waals surface area contributed by atoms with Gasteiger partial charge in [-0.05, 0) is 19.4 Å². The molecule has 0 radical (unpaired) electrons. The quantitative estimate of drug-likeness (QED) is 0.590. The molecule has 0 saturated carbocycles. The number of likely N-dealkylation sites (N-methyl/N-ethyl adjacent to an activating group) is 1. The summed E-state index contributed by atoms with van der Waals surface area (Å²) in [6.45, 7) is 6.79. The molecular weight excluding hydrogens is 200 g/mol. The van der Waals surface area contributed by atoms with Gasteiger partial charge in [-0.25, -0.2) is 0 Å². The molecule has 0 saturated heterocycles. The van der Waals surface area contributed by atoms with E-state index in [-0.39, 0.29) is 0 Å². The lowest BCUT2D eigenvalue weighted by Crippen LogP contribution is -2.33. The molecule has 1 rings (SSSR count). The van der Waals surface area contributed by atoms with Gasteiger partial charge >= 0.3 is 0 Å². The van der Waals surface area contributed by atoms with Crippen LogP contribution in [0, 0.1) is 5.41 Å². The van der Waals surface area contributed by atoms with E-state index in [0.29, 0.717) is 19.0 Å². The minimum Gasteiger partial charge on any atom is -0.369 e. The van der Waals surface area contributed by atoms with Gasteiger partial charge in [0.1, 0.15) is 12.4 Å². The van der Waals surface area contributed by atoms with Gasteiger partial charge in [-0.3, -0.25) is 5.41 Å². The van der Waals surface area contributed by atoms with Crippen molar-refractivity contribution in [2.75, 3.05) is 19.7 Å². The summed E-state index contributed by atoms with van der Waals surface area (Å²) in [6, 6.07) is 10.0. The minimum atomic E-state index is 0.385. The molecule has 0 spiro atoms. The monoisotopic (exact) mass is 220 g/mol. The van der Waals surface area contributed by atoms with E-state index in [1.807, 2.05) is 35.2 Å². The van der Waals surface area contributed by atoms with Crippen LogP contribution in [0.1, 0.15) is 19.4 Å². The average Bonchev–Trinajstić information content (AvgIpc) is 2.32. The molecule has 0 aliphatic carbocycles. The molecule has 0 bridgehead atoms. The second-order valence-corrected chi connectivity index (χ2v) is 3.60. The lowest BCUT2D eigenvalue weighted by atomic mass is 10.2. The van der Waals surface area contributed by atoms with E-state index in [1.165, 1.54) is 0 Å². The maximum absolute atomic E-state index is 7.81. The van der Waals surface area contributed by atoms with Crippen molar-refractivity contribution in [3.63, 3.8) is 0 Å². The topological polar surface area (TPSA) is 36.3 Å². The smallest absolute Gasteiger partial charge is 0.122 e. The van der Waals surface area contributed by atoms with Gasteiger partial charge in [-0.2, -0.15) is 0 Å². The van der Waals surface area contributed by atoms with Gasteiger partial charge in [-0.1, -0.05) is 30.3 Å². The number of nitrogens with one attached hydrogen (secondary N) is 1. The van der Waals surface area contributed by atoms with Crippen LogP contribution in [-0.4, -0.2) is 30.4 Å². The Labute approximate surface area is 97.5 Å². The van der Waals surface area contributed by atoms with Crippen LogP contribution < -0.4 is 0 Å². The van der Waals surface area contributed by atoms with Crippen LogP contribution in [0.15, 0.2) is 30.3 Å². The van der Waals surface area contributed by atoms with E-state index >= 15 is 0 Å². The Balaban J connectivity index is 2.28. The highest BCUT2D eigenvalue weighted by atomic mass is 16.5. The summed E-state index contributed by atoms with van der Waals surface area (Å²) >= 11 is 0. The van der Waals surface area contributed by atoms with Crippen molar-refractivity contribution in [2.45, 2.75) is 20.5 Å². The number of hydrogen-bond acceptors (Lipinski definition) is 2. The summed E-state index contributed by atoms with van der Waals surface area (Å²) in [4.78, 5) is 1.99. The average molecular weight is 220 g/mol. The zero-order valence-corrected chi connectivity index (χ0v) is 10.1. The highest BCUT2D eigenvalue weighted by molar-refractivity contribution is 5.80. The number of amidine groups is 1. The molecule has 0 amide bonds. The summed E-state index contributed by atoms with van der Waals surface area (Å²) in [6.07, 6.45) is 0. The van der Waals surface area contributed by atoms with Crippen molar-refractivity contribution < 1.29 is 4.74 Å². The lowest BCUT2D eigenvalue weighted by Gasteiger charge is -2.21. The van der Waals surface area contributed by atoms with E-state index in [9.17, 15) is 0 Å². The largest absolute Gasteiger partial charge is 0.369 e. The fourth-order valence-electron chi connectivity index (χ4n) is 1.54. The van der Waals surface area contributed by atoms with E-state index in [1.54, 1.807) is 0 Å². The Hall–Kier alpha value is -1.35. The van der Waals surface area contributed by atoms with E-state index < -0.39 is 0 Å². The zero-order valence-electron chi connectivity index (χ0n) is 10.1. The third-order valence-corrected chi connectivity index (χ3v) is 2.50. The molecule has 1 aromatic carbocycles. The van der Waals surface area contributed by atoms with Gasteiger partial charge in [0, 0.05) is 13.1 Å². The molecule has 0 atom stereocenters. The Morgan fingerprint density at radius 2 is 1.81 bits per heavy atom. The van der Waals surface area contributed by atoms with E-state index in [0.717, 1.165) is 18.7 Å². The van der Waals surface area contributed by atoms with Crippen LogP contribution >= 0.6 is 0 Å². The predicted molar refractivity (Wildman–Crippen MR) is 66.7 cm³/mol. The van der Waals surface area contributed by atoms with Crippen molar-refractivity contribution in [3.8, 4) is 0 Å². The highest BCUT2D eigenvalue weighted by Gasteiger charge is 2.04. The summed E-state index contributed by atoms with van der Waals surface area (Å²) in [7, 11) is 0. The number of rotatable bonds is 6. The molecule has 0 aromatic heterocycles. The predicted octanol–water partition coefficient (Wildman–Crippen LogP) is 2.52. The molecule has 1 aromatic rings. The molecule has 1 N–H and O–H groups in total. The molecule has 0 aliphatic heterocycles. The first-order chi connectivity index (χ1) is 7.77. The number of nitrogens with zero attached hydrogens (tertiary/aromatic N) is 1. The van der Waals surface area contributed by atoms with Gasteiger partial charge in [0.25, 0.3) is 0 Å². The highest BCUT2D eigenvalue weighted by Crippen LogP contribution is 2.01. The van der Waals surface area contributed by atoms with Crippen molar-refractivity contribution in [1.82, 2.24) is 4.90 Å². The van der Waals surface area contributed by atoms with Gasteiger partial charge < -0.3 is 9.64 Å². The third kappa shape index (κ3) is 4.03. The van der Waals surface area contributed by atoms with Crippen molar-refractivity contribution in [1.29, 1.82) is 5.41 Å². The van der Waals surface area contributed by atoms with Crippen LogP contribution in [-0.2, 0) is 11.3 Å². The zero-order chi connectivity index (χ0) is 11.8. The van der Waals surface area contributed by atoms with Crippen LogP contribution in [0.2, 0.25) is 0 Å². The van der Waals surface area contributed by atoms with Crippen molar-refractivity contribution >= 4 is 5.84 Å². The van der Waals surface area contributed by atoms with E-state index in [2.05, 4.69) is 13.8 Å². The molecule has 0 unspecified atom stereocenters. The minimum absolute atomic E-state index is 0.385. The molecular formula is C13H20N2O. The first kappa shape index (κ1) is 12.7. The molecule has 0 fully saturated rings. The van der Waals surface area contributed by atoms with Gasteiger partial charge in [-0.15, -0.1) is 0 Å². The second kappa shape index (κ2) is 7.01. The van der Waals surface area contributed by atoms with Gasteiger partial charge in [0.05, 0.1) is 6.61 Å². The Morgan fingerprint density at radius 3 is 2.38 bits per heavy atom. The number of benzene rings is 1. The van der Waals surface area contributed by atoms with Crippen LogP contribution in [0.3, 0.4) is 0 Å². The Bertz CT molecular complexity index is 307. The van der Waals surface area contributed by atoms with Crippen molar-refractivity contribution in [3.05, 3.63) is 35.9 Å². The SMILES string of the molecule is CCN(CC)C(=N)COCc1ccccc1.